The molecule has 3 N–H and O–H groups in total. The van der Waals surface area contributed by atoms with Crippen LogP contribution in [-0.2, 0) is 32.6 Å². The summed E-state index contributed by atoms with van der Waals surface area (Å²) in [6.45, 7) is 5.25. The van der Waals surface area contributed by atoms with Crippen molar-refractivity contribution in [3.05, 3.63) is 59.4 Å². The van der Waals surface area contributed by atoms with Gasteiger partial charge in [-0.15, -0.1) is 0 Å². The van der Waals surface area contributed by atoms with Gasteiger partial charge in [-0.3, -0.25) is 24.4 Å². The lowest BCUT2D eigenvalue weighted by atomic mass is 10.0. The lowest BCUT2D eigenvalue weighted by molar-refractivity contribution is -0.133. The number of methoxy groups -OCH3 is 1. The predicted octanol–water partition coefficient (Wildman–Crippen LogP) is 5.07. The van der Waals surface area contributed by atoms with Gasteiger partial charge in [-0.1, -0.05) is 18.5 Å². The Balaban J connectivity index is 0.000000190. The molecule has 0 radical (unpaired) electrons. The molecule has 7 rings (SSSR count). The molecule has 1 unspecified atom stereocenters. The minimum Gasteiger partial charge on any atom is -0.388 e. The fraction of sp³-hybridized carbons (Fsp3) is 0.429. The first kappa shape index (κ1) is 35.6. The van der Waals surface area contributed by atoms with Crippen LogP contribution in [-0.4, -0.2) is 77.9 Å². The van der Waals surface area contributed by atoms with Crippen LogP contribution in [0.5, 0.6) is 0 Å². The summed E-state index contributed by atoms with van der Waals surface area (Å²) < 4.78 is 6.98. The molecule has 0 aliphatic carbocycles. The highest BCUT2D eigenvalue weighted by Gasteiger charge is 2.27. The Kier molecular flexibility index (Phi) is 12.0. The van der Waals surface area contributed by atoms with Crippen LogP contribution >= 0.6 is 11.6 Å². The Labute approximate surface area is 291 Å². The molecule has 2 aromatic heterocycles. The number of carbonyl (C=O) groups excluding carboxylic acids is 3. The number of nitrogens with zero attached hydrogens (tertiary/aromatic N) is 6. The first-order valence-corrected chi connectivity index (χ1v) is 16.9. The van der Waals surface area contributed by atoms with Gasteiger partial charge in [0, 0.05) is 76.1 Å². The summed E-state index contributed by atoms with van der Waals surface area (Å²) in [5.74, 6) is 1.73. The van der Waals surface area contributed by atoms with Crippen molar-refractivity contribution in [3.8, 4) is 0 Å². The number of fused-ring (bicyclic) bond motifs is 2. The third-order valence-corrected chi connectivity index (χ3v) is 8.87. The highest BCUT2D eigenvalue weighted by Crippen LogP contribution is 2.33. The maximum atomic E-state index is 12.3. The fourth-order valence-corrected chi connectivity index (χ4v) is 6.12. The molecule has 14 heteroatoms. The summed E-state index contributed by atoms with van der Waals surface area (Å²) in [5.41, 5.74) is 5.05. The van der Waals surface area contributed by atoms with Gasteiger partial charge in [0.25, 0.3) is 0 Å². The number of rotatable bonds is 7. The summed E-state index contributed by atoms with van der Waals surface area (Å²) in [4.78, 5) is 46.1. The van der Waals surface area contributed by atoms with Gasteiger partial charge in [0.2, 0.25) is 23.7 Å². The smallest absolute Gasteiger partial charge is 0.231 e. The maximum absolute atomic E-state index is 12.3. The number of piperidine rings is 2. The second kappa shape index (κ2) is 16.6. The monoisotopic (exact) mass is 689 g/mol. The zero-order valence-corrected chi connectivity index (χ0v) is 29.2. The van der Waals surface area contributed by atoms with Gasteiger partial charge in [0.1, 0.15) is 5.02 Å². The summed E-state index contributed by atoms with van der Waals surface area (Å²) in [6, 6.07) is 12.1. The number of amides is 3. The van der Waals surface area contributed by atoms with E-state index in [1.165, 1.54) is 11.8 Å². The normalized spacial score (nSPS) is 17.1. The zero-order chi connectivity index (χ0) is 34.9. The van der Waals surface area contributed by atoms with Crippen molar-refractivity contribution in [2.24, 2.45) is 13.0 Å². The van der Waals surface area contributed by atoms with E-state index in [-0.39, 0.29) is 17.7 Å². The molecule has 1 atom stereocenters. The number of aromatic nitrogens is 4. The molecule has 2 aromatic carbocycles. The van der Waals surface area contributed by atoms with Crippen molar-refractivity contribution < 1.29 is 19.1 Å². The van der Waals surface area contributed by atoms with Crippen molar-refractivity contribution >= 4 is 69.1 Å². The van der Waals surface area contributed by atoms with Crippen LogP contribution in [0.4, 0.5) is 28.8 Å². The SMILES string of the molecule is CNc1ccc2cnn(C)c2c1.COCCN1C(=O)Cc2cc(Nc3nc(N4CCCC(C)C4)ncc3Cl)ccc21.O=C1CCCC(=O)N1. The van der Waals surface area contributed by atoms with Gasteiger partial charge < -0.3 is 25.2 Å². The van der Waals surface area contributed by atoms with Gasteiger partial charge in [-0.25, -0.2) is 4.98 Å². The fourth-order valence-electron chi connectivity index (χ4n) is 5.98. The van der Waals surface area contributed by atoms with Gasteiger partial charge in [-0.05, 0) is 67.1 Å². The van der Waals surface area contributed by atoms with Crippen molar-refractivity contribution in [2.45, 2.75) is 45.4 Å². The number of ether oxygens (including phenoxy) is 1. The molecule has 0 spiro atoms. The van der Waals surface area contributed by atoms with E-state index in [0.29, 0.717) is 61.5 Å². The molecule has 0 saturated carbocycles. The minimum absolute atomic E-state index is 0.0933. The lowest BCUT2D eigenvalue weighted by Crippen LogP contribution is -2.35. The number of imide groups is 1. The summed E-state index contributed by atoms with van der Waals surface area (Å²) in [6.07, 6.45) is 8.02. The summed E-state index contributed by atoms with van der Waals surface area (Å²) in [7, 11) is 5.50. The zero-order valence-electron chi connectivity index (χ0n) is 28.5. The Bertz CT molecular complexity index is 1780. The second-order valence-corrected chi connectivity index (χ2v) is 12.8. The Hall–Kier alpha value is -4.75. The molecule has 5 heterocycles. The Morgan fingerprint density at radius 2 is 1.82 bits per heavy atom. The first-order valence-electron chi connectivity index (χ1n) is 16.5. The Morgan fingerprint density at radius 3 is 2.51 bits per heavy atom. The number of halogens is 1. The van der Waals surface area contributed by atoms with E-state index >= 15 is 0 Å². The van der Waals surface area contributed by atoms with Gasteiger partial charge >= 0.3 is 0 Å². The van der Waals surface area contributed by atoms with Crippen molar-refractivity contribution in [1.29, 1.82) is 0 Å². The van der Waals surface area contributed by atoms with Crippen LogP contribution in [0.25, 0.3) is 10.9 Å². The number of hydrogen-bond donors (Lipinski definition) is 3. The van der Waals surface area contributed by atoms with E-state index in [2.05, 4.69) is 55.0 Å². The third kappa shape index (κ3) is 9.24. The van der Waals surface area contributed by atoms with Crippen LogP contribution in [0.1, 0.15) is 44.6 Å². The second-order valence-electron chi connectivity index (χ2n) is 12.4. The number of carbonyl (C=O) groups is 3. The van der Waals surface area contributed by atoms with Gasteiger partial charge in [0.05, 0.1) is 30.9 Å². The highest BCUT2D eigenvalue weighted by molar-refractivity contribution is 6.32. The molecule has 49 heavy (non-hydrogen) atoms. The van der Waals surface area contributed by atoms with E-state index in [1.54, 1.807) is 18.2 Å². The van der Waals surface area contributed by atoms with Crippen LogP contribution < -0.4 is 25.8 Å². The Morgan fingerprint density at radius 1 is 1.04 bits per heavy atom. The van der Waals surface area contributed by atoms with Crippen molar-refractivity contribution in [3.63, 3.8) is 0 Å². The molecule has 260 valence electrons. The van der Waals surface area contributed by atoms with E-state index in [4.69, 9.17) is 16.3 Å². The van der Waals surface area contributed by atoms with Crippen LogP contribution in [0.2, 0.25) is 5.02 Å². The quantitative estimate of drug-likeness (QED) is 0.225. The topological polar surface area (TPSA) is 147 Å². The maximum Gasteiger partial charge on any atom is 0.231 e. The molecular formula is C35H44ClN9O4. The number of benzene rings is 2. The molecule has 13 nitrogen and oxygen atoms in total. The molecule has 2 saturated heterocycles. The van der Waals surface area contributed by atoms with Crippen molar-refractivity contribution in [1.82, 2.24) is 25.1 Å². The van der Waals surface area contributed by atoms with Crippen LogP contribution in [0.3, 0.4) is 0 Å². The molecule has 3 amide bonds. The average molecular weight is 690 g/mol. The van der Waals surface area contributed by atoms with E-state index in [0.717, 1.165) is 47.7 Å². The third-order valence-electron chi connectivity index (χ3n) is 8.59. The van der Waals surface area contributed by atoms with Crippen molar-refractivity contribution in [2.75, 3.05) is 60.8 Å². The summed E-state index contributed by atoms with van der Waals surface area (Å²) in [5, 5.41) is 14.4. The number of anilines is 5. The molecule has 2 fully saturated rings. The van der Waals surface area contributed by atoms with Crippen LogP contribution in [0.15, 0.2) is 48.8 Å². The average Bonchev–Trinajstić information content (AvgIpc) is 3.62. The summed E-state index contributed by atoms with van der Waals surface area (Å²) >= 11 is 6.35. The standard InChI is InChI=1S/C21H26ClN5O2.C9H11N3.C5H7NO2/c1-14-4-3-7-26(13-14)21-23-12-17(22)20(25-21)24-16-5-6-18-15(10-16)11-19(28)27(18)8-9-29-2;1-10-8-4-3-7-6-11-12(2)9(7)5-8;7-4-2-1-3-5(8)6-4/h5-6,10,12,14H,3-4,7-9,11,13H2,1-2H3,(H,23,24,25);3-6,10H,1-2H3;1-3H2,(H,6,7,8). The number of nitrogens with one attached hydrogen (secondary N) is 3. The minimum atomic E-state index is -0.138. The molecule has 4 aromatic rings. The van der Waals surface area contributed by atoms with E-state index < -0.39 is 0 Å². The van der Waals surface area contributed by atoms with Crippen LogP contribution in [0, 0.1) is 5.92 Å². The molecule has 3 aliphatic heterocycles. The molecular weight excluding hydrogens is 646 g/mol. The number of aryl methyl sites for hydroxylation is 1. The van der Waals surface area contributed by atoms with E-state index in [9.17, 15) is 14.4 Å². The van der Waals surface area contributed by atoms with Gasteiger partial charge in [-0.2, -0.15) is 10.1 Å². The molecule has 0 bridgehead atoms. The van der Waals surface area contributed by atoms with E-state index in [1.807, 2.05) is 49.2 Å². The largest absolute Gasteiger partial charge is 0.388 e. The number of hydrogen-bond acceptors (Lipinski definition) is 10. The lowest BCUT2D eigenvalue weighted by Gasteiger charge is -2.31. The predicted molar refractivity (Wildman–Crippen MR) is 193 cm³/mol. The molecule has 3 aliphatic rings. The first-order chi connectivity index (χ1) is 23.6. The van der Waals surface area contributed by atoms with Gasteiger partial charge in [0.15, 0.2) is 5.82 Å². The highest BCUT2D eigenvalue weighted by atomic mass is 35.5.